The molecule has 0 unspecified atom stereocenters. The molecule has 0 heterocycles. The van der Waals surface area contributed by atoms with Crippen LogP contribution in [0.4, 0.5) is 0 Å². The van der Waals surface area contributed by atoms with Gasteiger partial charge in [-0.1, -0.05) is 0 Å². The molecule has 12 heavy (non-hydrogen) atoms. The van der Waals surface area contributed by atoms with Gasteiger partial charge in [0.05, 0.1) is 6.10 Å². The minimum absolute atomic E-state index is 0.161. The number of carboxylic acids is 1. The Bertz CT molecular complexity index is 164. The van der Waals surface area contributed by atoms with Gasteiger partial charge in [-0.05, 0) is 26.9 Å². The van der Waals surface area contributed by atoms with Crippen LogP contribution in [-0.4, -0.2) is 48.8 Å². The molecule has 0 bridgehead atoms. The topological polar surface area (TPSA) is 49.8 Å². The number of hydrogen-bond acceptors (Lipinski definition) is 3. The van der Waals surface area contributed by atoms with Crippen LogP contribution in [0.2, 0.25) is 0 Å². The first-order valence-electron chi connectivity index (χ1n) is 4.09. The second-order valence-electron chi connectivity index (χ2n) is 3.42. The van der Waals surface area contributed by atoms with Crippen LogP contribution >= 0.6 is 0 Å². The van der Waals surface area contributed by atoms with E-state index in [2.05, 4.69) is 4.90 Å². The standard InChI is InChI=1S/C8H15NO3/c1-9(2)6-3-7(4-6)12-5-8(10)11/h6-7H,3-5H2,1-2H3,(H,10,11). The average Bonchev–Trinajstić information content (AvgIpc) is 1.82. The number of ether oxygens (including phenoxy) is 1. The van der Waals surface area contributed by atoms with Gasteiger partial charge in [0.25, 0.3) is 0 Å². The monoisotopic (exact) mass is 173 g/mol. The van der Waals surface area contributed by atoms with Gasteiger partial charge >= 0.3 is 5.97 Å². The molecule has 0 amide bonds. The molecular weight excluding hydrogens is 158 g/mol. The second-order valence-corrected chi connectivity index (χ2v) is 3.42. The number of aliphatic carboxylic acids is 1. The highest BCUT2D eigenvalue weighted by atomic mass is 16.5. The second kappa shape index (κ2) is 3.87. The van der Waals surface area contributed by atoms with E-state index in [1.807, 2.05) is 14.1 Å². The zero-order chi connectivity index (χ0) is 9.14. The summed E-state index contributed by atoms with van der Waals surface area (Å²) in [6, 6.07) is 0.573. The van der Waals surface area contributed by atoms with Crippen molar-refractivity contribution in [3.63, 3.8) is 0 Å². The third kappa shape index (κ3) is 2.46. The van der Waals surface area contributed by atoms with E-state index in [0.29, 0.717) is 6.04 Å². The molecule has 0 aromatic rings. The molecule has 1 saturated carbocycles. The lowest BCUT2D eigenvalue weighted by Gasteiger charge is -2.38. The molecule has 0 aromatic heterocycles. The number of nitrogens with zero attached hydrogens (tertiary/aromatic N) is 1. The van der Waals surface area contributed by atoms with Crippen molar-refractivity contribution in [1.29, 1.82) is 0 Å². The summed E-state index contributed by atoms with van der Waals surface area (Å²) in [4.78, 5) is 12.3. The van der Waals surface area contributed by atoms with Gasteiger partial charge in [0, 0.05) is 6.04 Å². The van der Waals surface area contributed by atoms with Gasteiger partial charge in [0.15, 0.2) is 0 Å². The predicted octanol–water partition coefficient (Wildman–Crippen LogP) is 0.180. The Balaban J connectivity index is 2.06. The third-order valence-electron chi connectivity index (χ3n) is 2.24. The lowest BCUT2D eigenvalue weighted by Crippen LogP contribution is -2.45. The predicted molar refractivity (Wildman–Crippen MR) is 44.1 cm³/mol. The lowest BCUT2D eigenvalue weighted by molar-refractivity contribution is -0.147. The van der Waals surface area contributed by atoms with Crippen molar-refractivity contribution in [2.24, 2.45) is 0 Å². The van der Waals surface area contributed by atoms with Crippen molar-refractivity contribution >= 4 is 5.97 Å². The molecule has 0 saturated heterocycles. The molecule has 0 radical (unpaired) electrons. The summed E-state index contributed by atoms with van der Waals surface area (Å²) in [6.07, 6.45) is 2.08. The molecule has 4 heteroatoms. The van der Waals surface area contributed by atoms with E-state index in [0.717, 1.165) is 12.8 Å². The van der Waals surface area contributed by atoms with E-state index >= 15 is 0 Å². The molecule has 1 fully saturated rings. The van der Waals surface area contributed by atoms with E-state index in [9.17, 15) is 4.79 Å². The van der Waals surface area contributed by atoms with Crippen molar-refractivity contribution in [1.82, 2.24) is 4.90 Å². The minimum Gasteiger partial charge on any atom is -0.480 e. The summed E-state index contributed by atoms with van der Waals surface area (Å²) in [7, 11) is 4.05. The van der Waals surface area contributed by atoms with Crippen molar-refractivity contribution in [2.45, 2.75) is 25.0 Å². The molecule has 1 rings (SSSR count). The summed E-state index contributed by atoms with van der Waals surface area (Å²) >= 11 is 0. The zero-order valence-electron chi connectivity index (χ0n) is 7.49. The first kappa shape index (κ1) is 9.48. The van der Waals surface area contributed by atoms with Gasteiger partial charge in [-0.2, -0.15) is 0 Å². The molecule has 0 spiro atoms. The van der Waals surface area contributed by atoms with E-state index in [1.54, 1.807) is 0 Å². The maximum absolute atomic E-state index is 10.1. The molecule has 1 N–H and O–H groups in total. The fraction of sp³-hybridized carbons (Fsp3) is 0.875. The van der Waals surface area contributed by atoms with E-state index in [1.165, 1.54) is 0 Å². The van der Waals surface area contributed by atoms with Gasteiger partial charge in [-0.15, -0.1) is 0 Å². The van der Waals surface area contributed by atoms with Gasteiger partial charge in [0.1, 0.15) is 6.61 Å². The van der Waals surface area contributed by atoms with Crippen LogP contribution in [0, 0.1) is 0 Å². The maximum Gasteiger partial charge on any atom is 0.329 e. The van der Waals surface area contributed by atoms with Crippen molar-refractivity contribution < 1.29 is 14.6 Å². The third-order valence-corrected chi connectivity index (χ3v) is 2.24. The van der Waals surface area contributed by atoms with Crippen molar-refractivity contribution in [3.8, 4) is 0 Å². The van der Waals surface area contributed by atoms with Gasteiger partial charge in [0.2, 0.25) is 0 Å². The Morgan fingerprint density at radius 3 is 2.58 bits per heavy atom. The van der Waals surface area contributed by atoms with Crippen LogP contribution in [0.15, 0.2) is 0 Å². The summed E-state index contributed by atoms with van der Waals surface area (Å²) in [5, 5.41) is 8.32. The highest BCUT2D eigenvalue weighted by Gasteiger charge is 2.31. The van der Waals surface area contributed by atoms with Gasteiger partial charge in [-0.25, -0.2) is 4.79 Å². The molecule has 0 aromatic carbocycles. The summed E-state index contributed by atoms with van der Waals surface area (Å²) in [5.74, 6) is -0.886. The lowest BCUT2D eigenvalue weighted by atomic mass is 9.88. The first-order valence-corrected chi connectivity index (χ1v) is 4.09. The Morgan fingerprint density at radius 2 is 2.17 bits per heavy atom. The van der Waals surface area contributed by atoms with Crippen LogP contribution in [-0.2, 0) is 9.53 Å². The highest BCUT2D eigenvalue weighted by molar-refractivity contribution is 5.68. The average molecular weight is 173 g/mol. The van der Waals surface area contributed by atoms with E-state index < -0.39 is 5.97 Å². The number of carboxylic acid groups (broad SMARTS) is 1. The van der Waals surface area contributed by atoms with Crippen molar-refractivity contribution in [3.05, 3.63) is 0 Å². The van der Waals surface area contributed by atoms with Crippen LogP contribution in [0.5, 0.6) is 0 Å². The minimum atomic E-state index is -0.886. The fourth-order valence-electron chi connectivity index (χ4n) is 1.28. The number of carbonyl (C=O) groups is 1. The Kier molecular flexibility index (Phi) is 3.05. The Hall–Kier alpha value is -0.610. The fourth-order valence-corrected chi connectivity index (χ4v) is 1.28. The zero-order valence-corrected chi connectivity index (χ0v) is 7.49. The Morgan fingerprint density at radius 1 is 1.58 bits per heavy atom. The van der Waals surface area contributed by atoms with Crippen LogP contribution < -0.4 is 0 Å². The largest absolute Gasteiger partial charge is 0.480 e. The quantitative estimate of drug-likeness (QED) is 0.659. The van der Waals surface area contributed by atoms with E-state index in [4.69, 9.17) is 9.84 Å². The van der Waals surface area contributed by atoms with Crippen molar-refractivity contribution in [2.75, 3.05) is 20.7 Å². The molecule has 4 nitrogen and oxygen atoms in total. The summed E-state index contributed by atoms with van der Waals surface area (Å²) in [5.41, 5.74) is 0. The van der Waals surface area contributed by atoms with Crippen LogP contribution in [0.25, 0.3) is 0 Å². The molecular formula is C8H15NO3. The summed E-state index contributed by atoms with van der Waals surface area (Å²) < 4.78 is 5.09. The highest BCUT2D eigenvalue weighted by Crippen LogP contribution is 2.26. The first-order chi connectivity index (χ1) is 5.59. The smallest absolute Gasteiger partial charge is 0.329 e. The van der Waals surface area contributed by atoms with Crippen LogP contribution in [0.1, 0.15) is 12.8 Å². The molecule has 1 aliphatic carbocycles. The molecule has 0 aliphatic heterocycles. The summed E-state index contributed by atoms with van der Waals surface area (Å²) in [6.45, 7) is -0.162. The van der Waals surface area contributed by atoms with Gasteiger partial charge in [-0.3, -0.25) is 0 Å². The maximum atomic E-state index is 10.1. The van der Waals surface area contributed by atoms with E-state index in [-0.39, 0.29) is 12.7 Å². The normalized spacial score (nSPS) is 28.6. The number of rotatable bonds is 4. The van der Waals surface area contributed by atoms with Crippen LogP contribution in [0.3, 0.4) is 0 Å². The van der Waals surface area contributed by atoms with Gasteiger partial charge < -0.3 is 14.7 Å². The molecule has 1 aliphatic rings. The Labute approximate surface area is 72.1 Å². The number of hydrogen-bond donors (Lipinski definition) is 1. The molecule has 0 atom stereocenters. The molecule has 70 valence electrons. The SMILES string of the molecule is CN(C)C1CC(OCC(=O)O)C1.